The van der Waals surface area contributed by atoms with E-state index in [1.165, 1.54) is 0 Å². The van der Waals surface area contributed by atoms with Crippen LogP contribution in [0.3, 0.4) is 0 Å². The van der Waals surface area contributed by atoms with Crippen LogP contribution in [-0.2, 0) is 10.0 Å². The summed E-state index contributed by atoms with van der Waals surface area (Å²) in [6, 6.07) is -1.27. The molecule has 21 heavy (non-hydrogen) atoms. The van der Waals surface area contributed by atoms with E-state index >= 15 is 0 Å². The van der Waals surface area contributed by atoms with Crippen LogP contribution in [-0.4, -0.2) is 25.5 Å². The average Bonchev–Trinajstić information content (AvgIpc) is 2.22. The Hall–Kier alpha value is -0.990. The van der Waals surface area contributed by atoms with Crippen molar-refractivity contribution in [3.63, 3.8) is 0 Å². The van der Waals surface area contributed by atoms with E-state index in [2.05, 4.69) is 5.32 Å². The van der Waals surface area contributed by atoms with Gasteiger partial charge in [-0.3, -0.25) is 0 Å². The van der Waals surface area contributed by atoms with E-state index in [4.69, 9.17) is 0 Å². The summed E-state index contributed by atoms with van der Waals surface area (Å²) in [5, 5.41) is 2.52. The fourth-order valence-electron chi connectivity index (χ4n) is 4.71. The summed E-state index contributed by atoms with van der Waals surface area (Å²) >= 11 is 0. The SMILES string of the molecule is O=C(NC12CC3CC(CC(C3)C1)C2)NS(=O)(=O)C(F)(F)F. The second kappa shape index (κ2) is 4.50. The highest BCUT2D eigenvalue weighted by molar-refractivity contribution is 7.90. The predicted octanol–water partition coefficient (Wildman–Crippen LogP) is 2.10. The molecule has 4 aliphatic rings. The Morgan fingerprint density at radius 1 is 1.00 bits per heavy atom. The maximum Gasteiger partial charge on any atom is 0.516 e. The second-order valence-corrected chi connectivity index (χ2v) is 8.38. The molecule has 120 valence electrons. The van der Waals surface area contributed by atoms with Gasteiger partial charge in [-0.1, -0.05) is 0 Å². The molecule has 5 nitrogen and oxygen atoms in total. The molecule has 4 fully saturated rings. The standard InChI is InChI=1S/C12H17F3N2O3S/c13-12(14,15)21(19,20)17-10(18)16-11-4-7-1-8(5-11)3-9(2-7)6-11/h7-9H,1-6H2,(H2,16,17,18). The van der Waals surface area contributed by atoms with Gasteiger partial charge in [0, 0.05) is 5.54 Å². The molecule has 0 aromatic carbocycles. The first-order valence-corrected chi connectivity index (χ1v) is 8.48. The predicted molar refractivity (Wildman–Crippen MR) is 67.5 cm³/mol. The highest BCUT2D eigenvalue weighted by atomic mass is 32.2. The number of hydrogen-bond donors (Lipinski definition) is 2. The molecule has 2 amide bonds. The Morgan fingerprint density at radius 3 is 1.81 bits per heavy atom. The quantitative estimate of drug-likeness (QED) is 0.816. The Labute approximate surface area is 120 Å². The van der Waals surface area contributed by atoms with Gasteiger partial charge in [-0.05, 0) is 56.3 Å². The van der Waals surface area contributed by atoms with Gasteiger partial charge in [-0.25, -0.2) is 9.52 Å². The average molecular weight is 326 g/mol. The van der Waals surface area contributed by atoms with Gasteiger partial charge in [0.05, 0.1) is 0 Å². The molecule has 9 heteroatoms. The monoisotopic (exact) mass is 326 g/mol. The van der Waals surface area contributed by atoms with E-state index in [0.29, 0.717) is 17.8 Å². The second-order valence-electron chi connectivity index (χ2n) is 6.70. The van der Waals surface area contributed by atoms with Crippen LogP contribution in [0.1, 0.15) is 38.5 Å². The molecular weight excluding hydrogens is 309 g/mol. The molecule has 4 bridgehead atoms. The number of carbonyl (C=O) groups is 1. The van der Waals surface area contributed by atoms with Crippen molar-refractivity contribution >= 4 is 16.1 Å². The van der Waals surface area contributed by atoms with Crippen LogP contribution >= 0.6 is 0 Å². The van der Waals surface area contributed by atoms with Crippen LogP contribution in [0, 0.1) is 17.8 Å². The molecule has 4 rings (SSSR count). The number of carbonyl (C=O) groups excluding carboxylic acids is 1. The van der Waals surface area contributed by atoms with Crippen molar-refractivity contribution in [2.24, 2.45) is 17.8 Å². The van der Waals surface area contributed by atoms with E-state index < -0.39 is 27.1 Å². The van der Waals surface area contributed by atoms with Crippen LogP contribution < -0.4 is 10.0 Å². The number of halogens is 3. The molecule has 4 aliphatic carbocycles. The first-order chi connectivity index (χ1) is 9.59. The van der Waals surface area contributed by atoms with Crippen molar-refractivity contribution < 1.29 is 26.4 Å². The number of sulfonamides is 1. The van der Waals surface area contributed by atoms with Gasteiger partial charge < -0.3 is 5.32 Å². The van der Waals surface area contributed by atoms with E-state index in [9.17, 15) is 26.4 Å². The van der Waals surface area contributed by atoms with Crippen LogP contribution in [0.5, 0.6) is 0 Å². The first kappa shape index (κ1) is 14.9. The van der Waals surface area contributed by atoms with Crippen molar-refractivity contribution in [1.29, 1.82) is 0 Å². The number of hydrogen-bond acceptors (Lipinski definition) is 3. The maximum absolute atomic E-state index is 12.3. The minimum Gasteiger partial charge on any atom is -0.332 e. The largest absolute Gasteiger partial charge is 0.516 e. The third kappa shape index (κ3) is 2.72. The fourth-order valence-corrected chi connectivity index (χ4v) is 5.12. The third-order valence-electron chi connectivity index (χ3n) is 4.95. The zero-order valence-electron chi connectivity index (χ0n) is 11.2. The van der Waals surface area contributed by atoms with Gasteiger partial charge in [0.1, 0.15) is 0 Å². The van der Waals surface area contributed by atoms with Crippen molar-refractivity contribution in [2.45, 2.75) is 49.6 Å². The number of urea groups is 1. The summed E-state index contributed by atoms with van der Waals surface area (Å²) in [5.41, 5.74) is -6.01. The van der Waals surface area contributed by atoms with Crippen LogP contribution in [0.4, 0.5) is 18.0 Å². The Balaban J connectivity index is 1.68. The highest BCUT2D eigenvalue weighted by Gasteiger charge is 2.53. The lowest BCUT2D eigenvalue weighted by atomic mass is 9.53. The van der Waals surface area contributed by atoms with Gasteiger partial charge in [-0.15, -0.1) is 0 Å². The van der Waals surface area contributed by atoms with Crippen molar-refractivity contribution in [1.82, 2.24) is 10.0 Å². The van der Waals surface area contributed by atoms with E-state index in [1.807, 2.05) is 0 Å². The number of nitrogens with one attached hydrogen (secondary N) is 2. The van der Waals surface area contributed by atoms with Gasteiger partial charge in [0.2, 0.25) is 0 Å². The smallest absolute Gasteiger partial charge is 0.332 e. The molecule has 0 aromatic rings. The highest BCUT2D eigenvalue weighted by Crippen LogP contribution is 2.55. The lowest BCUT2D eigenvalue weighted by Gasteiger charge is -2.56. The Morgan fingerprint density at radius 2 is 1.43 bits per heavy atom. The molecule has 0 aliphatic heterocycles. The van der Waals surface area contributed by atoms with Crippen molar-refractivity contribution in [3.05, 3.63) is 0 Å². The Bertz CT molecular complexity index is 523. The molecule has 0 atom stereocenters. The molecule has 0 heterocycles. The van der Waals surface area contributed by atoms with E-state index in [1.54, 1.807) is 0 Å². The molecule has 0 radical (unpaired) electrons. The van der Waals surface area contributed by atoms with Crippen LogP contribution in [0.2, 0.25) is 0 Å². The summed E-state index contributed by atoms with van der Waals surface area (Å²) in [7, 11) is -5.64. The maximum atomic E-state index is 12.3. The summed E-state index contributed by atoms with van der Waals surface area (Å²) in [4.78, 5) is 11.7. The zero-order chi connectivity index (χ0) is 15.5. The van der Waals surface area contributed by atoms with Gasteiger partial charge in [0.15, 0.2) is 0 Å². The number of amides is 2. The van der Waals surface area contributed by atoms with Crippen molar-refractivity contribution in [3.8, 4) is 0 Å². The number of rotatable bonds is 2. The minimum atomic E-state index is -5.64. The fraction of sp³-hybridized carbons (Fsp3) is 0.917. The summed E-state index contributed by atoms with van der Waals surface area (Å²) < 4.78 is 59.8. The lowest BCUT2D eigenvalue weighted by Crippen LogP contribution is -2.62. The molecule has 0 spiro atoms. The summed E-state index contributed by atoms with van der Waals surface area (Å²) in [5.74, 6) is 1.49. The van der Waals surface area contributed by atoms with E-state index in [0.717, 1.165) is 43.2 Å². The zero-order valence-corrected chi connectivity index (χ0v) is 12.1. The van der Waals surface area contributed by atoms with Gasteiger partial charge in [0.25, 0.3) is 0 Å². The molecule has 0 saturated heterocycles. The molecule has 0 aromatic heterocycles. The van der Waals surface area contributed by atoms with E-state index in [-0.39, 0.29) is 0 Å². The molecular formula is C12H17F3N2O3S. The van der Waals surface area contributed by atoms with Crippen molar-refractivity contribution in [2.75, 3.05) is 0 Å². The first-order valence-electron chi connectivity index (χ1n) is 7.00. The van der Waals surface area contributed by atoms with Gasteiger partial charge in [-0.2, -0.15) is 21.6 Å². The Kier molecular flexibility index (Phi) is 3.20. The normalized spacial score (nSPS) is 38.3. The third-order valence-corrected chi connectivity index (χ3v) is 6.01. The topological polar surface area (TPSA) is 75.3 Å². The van der Waals surface area contributed by atoms with Gasteiger partial charge >= 0.3 is 21.6 Å². The summed E-state index contributed by atoms with van der Waals surface area (Å²) in [6.07, 6.45) is 5.55. The summed E-state index contributed by atoms with van der Waals surface area (Å²) in [6.45, 7) is 0. The molecule has 0 unspecified atom stereocenters. The lowest BCUT2D eigenvalue weighted by molar-refractivity contribution is -0.0447. The van der Waals surface area contributed by atoms with Crippen LogP contribution in [0.25, 0.3) is 0 Å². The molecule has 2 N–H and O–H groups in total. The molecule has 4 saturated carbocycles. The van der Waals surface area contributed by atoms with Crippen LogP contribution in [0.15, 0.2) is 0 Å². The number of alkyl halides is 3. The minimum absolute atomic E-state index is 0.496.